The van der Waals surface area contributed by atoms with Gasteiger partial charge in [0.05, 0.1) is 33.5 Å². The quantitative estimate of drug-likeness (QED) is 0.633. The molecule has 2 N–H and O–H groups in total. The largest absolute Gasteiger partial charge is 0.493 e. The Morgan fingerprint density at radius 3 is 2.75 bits per heavy atom. The van der Waals surface area contributed by atoms with Crippen LogP contribution in [-0.2, 0) is 11.3 Å². The van der Waals surface area contributed by atoms with Crippen LogP contribution in [0, 0.1) is 0 Å². The highest BCUT2D eigenvalue weighted by molar-refractivity contribution is 9.10. The van der Waals surface area contributed by atoms with Crippen LogP contribution in [-0.4, -0.2) is 45.2 Å². The van der Waals surface area contributed by atoms with E-state index >= 15 is 0 Å². The second-order valence-electron chi connectivity index (χ2n) is 4.04. The molecule has 114 valence electrons. The fourth-order valence-electron chi connectivity index (χ4n) is 1.75. The van der Waals surface area contributed by atoms with Gasteiger partial charge in [0.25, 0.3) is 0 Å². The van der Waals surface area contributed by atoms with E-state index in [-0.39, 0.29) is 6.61 Å². The molecule has 1 aromatic carbocycles. The lowest BCUT2D eigenvalue weighted by molar-refractivity contribution is 0.0937. The van der Waals surface area contributed by atoms with E-state index in [0.717, 1.165) is 21.5 Å². The molecule has 0 spiro atoms. The van der Waals surface area contributed by atoms with Crippen LogP contribution in [0.3, 0.4) is 0 Å². The summed E-state index contributed by atoms with van der Waals surface area (Å²) in [5, 5.41) is 11.9. The standard InChI is InChI=1S/C14H22BrNO4/c1-3-20-14-11(8-12(15)9-13(14)18-2)10-16-4-6-19-7-5-17/h8-9,16-17H,3-7,10H2,1-2H3. The Morgan fingerprint density at radius 1 is 1.30 bits per heavy atom. The van der Waals surface area contributed by atoms with Gasteiger partial charge in [-0.05, 0) is 19.1 Å². The van der Waals surface area contributed by atoms with Gasteiger partial charge < -0.3 is 24.6 Å². The maximum atomic E-state index is 8.60. The lowest BCUT2D eigenvalue weighted by atomic mass is 10.2. The van der Waals surface area contributed by atoms with Gasteiger partial charge in [0.2, 0.25) is 0 Å². The summed E-state index contributed by atoms with van der Waals surface area (Å²) < 4.78 is 17.1. The van der Waals surface area contributed by atoms with Crippen molar-refractivity contribution in [2.24, 2.45) is 0 Å². The fraction of sp³-hybridized carbons (Fsp3) is 0.571. The summed E-state index contributed by atoms with van der Waals surface area (Å²) in [5.41, 5.74) is 1.03. The zero-order chi connectivity index (χ0) is 14.8. The average molecular weight is 348 g/mol. The lowest BCUT2D eigenvalue weighted by Crippen LogP contribution is -2.20. The maximum absolute atomic E-state index is 8.60. The molecule has 0 saturated heterocycles. The van der Waals surface area contributed by atoms with Crippen molar-refractivity contribution in [3.8, 4) is 11.5 Å². The molecule has 6 heteroatoms. The first-order valence-corrected chi connectivity index (χ1v) is 7.40. The van der Waals surface area contributed by atoms with E-state index in [9.17, 15) is 0 Å². The molecule has 0 fully saturated rings. The minimum atomic E-state index is 0.0529. The van der Waals surface area contributed by atoms with Crippen molar-refractivity contribution in [1.82, 2.24) is 5.32 Å². The maximum Gasteiger partial charge on any atom is 0.165 e. The topological polar surface area (TPSA) is 60.0 Å². The van der Waals surface area contributed by atoms with E-state index in [0.29, 0.717) is 32.9 Å². The lowest BCUT2D eigenvalue weighted by Gasteiger charge is -2.15. The third kappa shape index (κ3) is 5.66. The Hall–Kier alpha value is -0.820. The average Bonchev–Trinajstić information content (AvgIpc) is 2.45. The third-order valence-corrected chi connectivity index (χ3v) is 3.04. The van der Waals surface area contributed by atoms with Crippen LogP contribution in [0.2, 0.25) is 0 Å². The predicted molar refractivity (Wildman–Crippen MR) is 81.5 cm³/mol. The number of halogens is 1. The Balaban J connectivity index is 2.60. The zero-order valence-corrected chi connectivity index (χ0v) is 13.5. The fourth-order valence-corrected chi connectivity index (χ4v) is 2.23. The van der Waals surface area contributed by atoms with Crippen LogP contribution < -0.4 is 14.8 Å². The van der Waals surface area contributed by atoms with Crippen molar-refractivity contribution >= 4 is 15.9 Å². The number of nitrogens with one attached hydrogen (secondary N) is 1. The summed E-state index contributed by atoms with van der Waals surface area (Å²) in [5.74, 6) is 1.48. The molecule has 0 amide bonds. The van der Waals surface area contributed by atoms with Gasteiger partial charge in [0.1, 0.15) is 0 Å². The number of benzene rings is 1. The minimum absolute atomic E-state index is 0.0529. The Morgan fingerprint density at radius 2 is 2.10 bits per heavy atom. The first kappa shape index (κ1) is 17.2. The molecule has 0 aromatic heterocycles. The number of ether oxygens (including phenoxy) is 3. The van der Waals surface area contributed by atoms with Crippen molar-refractivity contribution in [2.45, 2.75) is 13.5 Å². The molecule has 0 aliphatic heterocycles. The van der Waals surface area contributed by atoms with E-state index in [1.807, 2.05) is 19.1 Å². The van der Waals surface area contributed by atoms with E-state index in [1.165, 1.54) is 0 Å². The van der Waals surface area contributed by atoms with Crippen LogP contribution >= 0.6 is 15.9 Å². The van der Waals surface area contributed by atoms with Crippen LogP contribution in [0.4, 0.5) is 0 Å². The Kier molecular flexibility index (Phi) is 8.60. The first-order valence-electron chi connectivity index (χ1n) is 6.61. The third-order valence-electron chi connectivity index (χ3n) is 2.58. The van der Waals surface area contributed by atoms with Crippen molar-refractivity contribution in [1.29, 1.82) is 0 Å². The monoisotopic (exact) mass is 347 g/mol. The highest BCUT2D eigenvalue weighted by Crippen LogP contribution is 2.34. The molecule has 0 aliphatic carbocycles. The van der Waals surface area contributed by atoms with Crippen molar-refractivity contribution in [3.05, 3.63) is 22.2 Å². The zero-order valence-electron chi connectivity index (χ0n) is 11.9. The van der Waals surface area contributed by atoms with Crippen molar-refractivity contribution in [3.63, 3.8) is 0 Å². The summed E-state index contributed by atoms with van der Waals surface area (Å²) in [4.78, 5) is 0. The molecule has 0 atom stereocenters. The number of hydrogen-bond donors (Lipinski definition) is 2. The summed E-state index contributed by atoms with van der Waals surface area (Å²) in [6.07, 6.45) is 0. The summed E-state index contributed by atoms with van der Waals surface area (Å²) >= 11 is 3.47. The molecule has 1 aromatic rings. The molecule has 5 nitrogen and oxygen atoms in total. The van der Waals surface area contributed by atoms with E-state index in [1.54, 1.807) is 7.11 Å². The minimum Gasteiger partial charge on any atom is -0.493 e. The molecular weight excluding hydrogens is 326 g/mol. The summed E-state index contributed by atoms with van der Waals surface area (Å²) in [7, 11) is 1.63. The van der Waals surface area contributed by atoms with E-state index in [4.69, 9.17) is 19.3 Å². The highest BCUT2D eigenvalue weighted by Gasteiger charge is 2.12. The molecule has 0 aliphatic rings. The number of aliphatic hydroxyl groups is 1. The second-order valence-corrected chi connectivity index (χ2v) is 4.96. The number of hydrogen-bond acceptors (Lipinski definition) is 5. The number of aliphatic hydroxyl groups excluding tert-OH is 1. The van der Waals surface area contributed by atoms with Gasteiger partial charge in [-0.2, -0.15) is 0 Å². The summed E-state index contributed by atoms with van der Waals surface area (Å²) in [6, 6.07) is 3.90. The van der Waals surface area contributed by atoms with Crippen LogP contribution in [0.25, 0.3) is 0 Å². The number of rotatable bonds is 10. The molecule has 0 radical (unpaired) electrons. The molecule has 0 heterocycles. The van der Waals surface area contributed by atoms with Crippen LogP contribution in [0.15, 0.2) is 16.6 Å². The predicted octanol–water partition coefficient (Wildman–Crippen LogP) is 1.95. The smallest absolute Gasteiger partial charge is 0.165 e. The van der Waals surface area contributed by atoms with Gasteiger partial charge in [-0.25, -0.2) is 0 Å². The molecule has 0 unspecified atom stereocenters. The van der Waals surface area contributed by atoms with Crippen LogP contribution in [0.1, 0.15) is 12.5 Å². The van der Waals surface area contributed by atoms with Crippen molar-refractivity contribution < 1.29 is 19.3 Å². The first-order chi connectivity index (χ1) is 9.72. The van der Waals surface area contributed by atoms with Gasteiger partial charge in [0, 0.05) is 23.1 Å². The van der Waals surface area contributed by atoms with Gasteiger partial charge in [-0.1, -0.05) is 15.9 Å². The van der Waals surface area contributed by atoms with Gasteiger partial charge >= 0.3 is 0 Å². The molecule has 0 saturated carbocycles. The molecule has 20 heavy (non-hydrogen) atoms. The normalized spacial score (nSPS) is 10.6. The summed E-state index contributed by atoms with van der Waals surface area (Å²) in [6.45, 7) is 4.89. The Bertz CT molecular complexity index is 401. The van der Waals surface area contributed by atoms with E-state index < -0.39 is 0 Å². The molecule has 1 rings (SSSR count). The second kappa shape index (κ2) is 9.99. The van der Waals surface area contributed by atoms with Crippen molar-refractivity contribution in [2.75, 3.05) is 40.1 Å². The number of methoxy groups -OCH3 is 1. The Labute approximate surface area is 128 Å². The highest BCUT2D eigenvalue weighted by atomic mass is 79.9. The molecular formula is C14H22BrNO4. The van der Waals surface area contributed by atoms with E-state index in [2.05, 4.69) is 21.2 Å². The van der Waals surface area contributed by atoms with Gasteiger partial charge in [0.15, 0.2) is 11.5 Å². The van der Waals surface area contributed by atoms with Crippen LogP contribution in [0.5, 0.6) is 11.5 Å². The van der Waals surface area contributed by atoms with Gasteiger partial charge in [-0.15, -0.1) is 0 Å². The SMILES string of the molecule is CCOc1c(CNCCOCCO)cc(Br)cc1OC. The van der Waals surface area contributed by atoms with Gasteiger partial charge in [-0.3, -0.25) is 0 Å². The molecule has 0 bridgehead atoms.